The fourth-order valence-electron chi connectivity index (χ4n) is 3.06. The summed E-state index contributed by atoms with van der Waals surface area (Å²) in [4.78, 5) is 12.3. The van der Waals surface area contributed by atoms with E-state index in [1.165, 1.54) is 4.88 Å². The monoisotopic (exact) mass is 410 g/mol. The Morgan fingerprint density at radius 1 is 1.42 bits per heavy atom. The van der Waals surface area contributed by atoms with Gasteiger partial charge in [0.05, 0.1) is 12.6 Å². The van der Waals surface area contributed by atoms with Gasteiger partial charge in [-0.3, -0.25) is 0 Å². The van der Waals surface area contributed by atoms with Gasteiger partial charge in [0, 0.05) is 28.5 Å². The van der Waals surface area contributed by atoms with Gasteiger partial charge in [-0.1, -0.05) is 0 Å². The molecule has 1 aliphatic rings. The third-order valence-corrected chi connectivity index (χ3v) is 6.46. The van der Waals surface area contributed by atoms with Gasteiger partial charge in [-0.05, 0) is 59.5 Å². The van der Waals surface area contributed by atoms with Crippen LogP contribution in [0.5, 0.6) is 0 Å². The highest BCUT2D eigenvalue weighted by molar-refractivity contribution is 9.10. The average Bonchev–Trinajstić information content (AvgIpc) is 2.92. The van der Waals surface area contributed by atoms with E-state index in [1.807, 2.05) is 0 Å². The van der Waals surface area contributed by atoms with Crippen molar-refractivity contribution in [2.24, 2.45) is 5.92 Å². The van der Waals surface area contributed by atoms with Gasteiger partial charge < -0.3 is 15.3 Å². The van der Waals surface area contributed by atoms with Crippen molar-refractivity contribution in [3.63, 3.8) is 0 Å². The molecule has 2 N–H and O–H groups in total. The zero-order valence-electron chi connectivity index (χ0n) is 14.0. The van der Waals surface area contributed by atoms with E-state index < -0.39 is 0 Å². The van der Waals surface area contributed by atoms with Crippen molar-refractivity contribution in [1.82, 2.24) is 9.97 Å². The Morgan fingerprint density at radius 2 is 2.21 bits per heavy atom. The number of aliphatic hydroxyl groups is 1. The summed E-state index contributed by atoms with van der Waals surface area (Å²) in [6.07, 6.45) is 4.50. The third kappa shape index (κ3) is 4.07. The molecule has 0 spiro atoms. The molecule has 3 rings (SSSR count). The Labute approximate surface area is 155 Å². The molecule has 0 amide bonds. The summed E-state index contributed by atoms with van der Waals surface area (Å²) >= 11 is 5.33. The second-order valence-corrected chi connectivity index (χ2v) is 8.28. The summed E-state index contributed by atoms with van der Waals surface area (Å²) < 4.78 is 1.15. The molecule has 0 unspecified atom stereocenters. The van der Waals surface area contributed by atoms with Crippen LogP contribution in [0.1, 0.15) is 29.7 Å². The van der Waals surface area contributed by atoms with Crippen LogP contribution in [0, 0.1) is 12.8 Å². The number of rotatable bonds is 7. The lowest BCUT2D eigenvalue weighted by atomic mass is 9.80. The first kappa shape index (κ1) is 17.6. The van der Waals surface area contributed by atoms with E-state index in [0.717, 1.165) is 54.0 Å². The summed E-state index contributed by atoms with van der Waals surface area (Å²) in [5, 5.41) is 14.9. The van der Waals surface area contributed by atoms with Crippen molar-refractivity contribution in [3.8, 4) is 0 Å². The van der Waals surface area contributed by atoms with Crippen molar-refractivity contribution < 1.29 is 5.11 Å². The lowest BCUT2D eigenvalue weighted by Crippen LogP contribution is -2.29. The van der Waals surface area contributed by atoms with Gasteiger partial charge in [0.25, 0.3) is 0 Å². The van der Waals surface area contributed by atoms with Crippen LogP contribution in [0.2, 0.25) is 0 Å². The highest BCUT2D eigenvalue weighted by atomic mass is 79.9. The normalized spacial score (nSPS) is 19.8. The van der Waals surface area contributed by atoms with Crippen LogP contribution in [0.3, 0.4) is 0 Å². The molecule has 0 aromatic carbocycles. The largest absolute Gasteiger partial charge is 0.393 e. The maximum absolute atomic E-state index is 9.35. The molecule has 0 saturated heterocycles. The fourth-order valence-corrected chi connectivity index (χ4v) is 4.59. The summed E-state index contributed by atoms with van der Waals surface area (Å²) in [5.41, 5.74) is 1.07. The van der Waals surface area contributed by atoms with Crippen molar-refractivity contribution in [2.45, 2.75) is 38.8 Å². The molecule has 0 bridgehead atoms. The van der Waals surface area contributed by atoms with Crippen molar-refractivity contribution in [1.29, 1.82) is 0 Å². The number of aliphatic hydroxyl groups excluding tert-OH is 1. The zero-order chi connectivity index (χ0) is 17.1. The number of halogens is 1. The first-order valence-electron chi connectivity index (χ1n) is 8.21. The molecule has 1 saturated carbocycles. The molecule has 0 atom stereocenters. The molecule has 7 heteroatoms. The highest BCUT2D eigenvalue weighted by Gasteiger charge is 2.26. The molecule has 5 nitrogen and oxygen atoms in total. The predicted octanol–water partition coefficient (Wildman–Crippen LogP) is 3.82. The standard InChI is InChI=1S/C17H23BrN4OS/c1-11-16(19-5-3-12-7-13(23)8-12)20-10-21-17(11)22(2)9-15-14(18)4-6-24-15/h4,6,10,12-13,23H,3,5,7-9H2,1-2H3,(H,19,20,21). The highest BCUT2D eigenvalue weighted by Crippen LogP contribution is 2.31. The summed E-state index contributed by atoms with van der Waals surface area (Å²) in [6, 6.07) is 2.07. The van der Waals surface area contributed by atoms with Gasteiger partial charge in [-0.15, -0.1) is 11.3 Å². The Balaban J connectivity index is 1.60. The molecule has 24 heavy (non-hydrogen) atoms. The SMILES string of the molecule is Cc1c(NCCC2CC(O)C2)ncnc1N(C)Cc1sccc1Br. The Bertz CT molecular complexity index is 687. The lowest BCUT2D eigenvalue weighted by molar-refractivity contribution is 0.0408. The predicted molar refractivity (Wildman–Crippen MR) is 103 cm³/mol. The summed E-state index contributed by atoms with van der Waals surface area (Å²) in [6.45, 7) is 3.76. The van der Waals surface area contributed by atoms with E-state index >= 15 is 0 Å². The van der Waals surface area contributed by atoms with Crippen molar-refractivity contribution in [2.75, 3.05) is 23.8 Å². The summed E-state index contributed by atoms with van der Waals surface area (Å²) in [7, 11) is 2.06. The van der Waals surface area contributed by atoms with Gasteiger partial charge in [-0.2, -0.15) is 0 Å². The van der Waals surface area contributed by atoms with Gasteiger partial charge >= 0.3 is 0 Å². The number of thiophene rings is 1. The van der Waals surface area contributed by atoms with E-state index in [0.29, 0.717) is 5.92 Å². The van der Waals surface area contributed by atoms with Crippen molar-refractivity contribution in [3.05, 3.63) is 32.7 Å². The number of aromatic nitrogens is 2. The summed E-state index contributed by atoms with van der Waals surface area (Å²) in [5.74, 6) is 2.50. The maximum Gasteiger partial charge on any atom is 0.137 e. The molecular weight excluding hydrogens is 388 g/mol. The molecule has 0 radical (unpaired) electrons. The molecule has 0 aliphatic heterocycles. The van der Waals surface area contributed by atoms with E-state index in [1.54, 1.807) is 17.7 Å². The van der Waals surface area contributed by atoms with E-state index in [-0.39, 0.29) is 6.10 Å². The quantitative estimate of drug-likeness (QED) is 0.726. The number of hydrogen-bond acceptors (Lipinski definition) is 6. The Kier molecular flexibility index (Phi) is 5.73. The van der Waals surface area contributed by atoms with Gasteiger partial charge in [0.15, 0.2) is 0 Å². The van der Waals surface area contributed by atoms with Crippen LogP contribution in [0.15, 0.2) is 22.2 Å². The third-order valence-electron chi connectivity index (χ3n) is 4.55. The van der Waals surface area contributed by atoms with Gasteiger partial charge in [0.2, 0.25) is 0 Å². The van der Waals surface area contributed by atoms with Crippen LogP contribution < -0.4 is 10.2 Å². The van der Waals surface area contributed by atoms with Crippen LogP contribution in [-0.2, 0) is 6.54 Å². The van der Waals surface area contributed by atoms with Gasteiger partial charge in [-0.25, -0.2) is 9.97 Å². The van der Waals surface area contributed by atoms with Crippen LogP contribution in [0.4, 0.5) is 11.6 Å². The van der Waals surface area contributed by atoms with Crippen molar-refractivity contribution >= 4 is 38.9 Å². The van der Waals surface area contributed by atoms with Gasteiger partial charge in [0.1, 0.15) is 18.0 Å². The molecule has 2 aromatic rings. The zero-order valence-corrected chi connectivity index (χ0v) is 16.4. The van der Waals surface area contributed by atoms with E-state index in [2.05, 4.69) is 61.5 Å². The Hall–Kier alpha value is -1.18. The topological polar surface area (TPSA) is 61.3 Å². The first-order valence-corrected chi connectivity index (χ1v) is 9.88. The number of nitrogens with one attached hydrogen (secondary N) is 1. The van der Waals surface area contributed by atoms with Crippen LogP contribution in [-0.4, -0.2) is 34.8 Å². The van der Waals surface area contributed by atoms with Crippen LogP contribution in [0.25, 0.3) is 0 Å². The molecule has 1 fully saturated rings. The molecule has 2 heterocycles. The van der Waals surface area contributed by atoms with Crippen LogP contribution >= 0.6 is 27.3 Å². The van der Waals surface area contributed by atoms with E-state index in [9.17, 15) is 5.11 Å². The number of nitrogens with zero attached hydrogens (tertiary/aromatic N) is 3. The second-order valence-electron chi connectivity index (χ2n) is 6.43. The minimum absolute atomic E-state index is 0.0763. The lowest BCUT2D eigenvalue weighted by Gasteiger charge is -2.31. The Morgan fingerprint density at radius 3 is 2.88 bits per heavy atom. The number of hydrogen-bond donors (Lipinski definition) is 2. The average molecular weight is 411 g/mol. The molecule has 1 aliphatic carbocycles. The minimum Gasteiger partial charge on any atom is -0.393 e. The number of anilines is 2. The smallest absolute Gasteiger partial charge is 0.137 e. The molecular formula is C17H23BrN4OS. The minimum atomic E-state index is -0.0763. The molecule has 130 valence electrons. The second kappa shape index (κ2) is 7.80. The fraction of sp³-hybridized carbons (Fsp3) is 0.529. The maximum atomic E-state index is 9.35. The van der Waals surface area contributed by atoms with E-state index in [4.69, 9.17) is 0 Å². The molecule has 2 aromatic heterocycles. The first-order chi connectivity index (χ1) is 11.5.